The summed E-state index contributed by atoms with van der Waals surface area (Å²) >= 11 is 0. The van der Waals surface area contributed by atoms with E-state index in [2.05, 4.69) is 25.1 Å². The molecule has 1 aromatic carbocycles. The maximum Gasteiger partial charge on any atom is 0.119 e. The van der Waals surface area contributed by atoms with Crippen LogP contribution in [0.4, 0.5) is 0 Å². The zero-order valence-corrected chi connectivity index (χ0v) is 12.6. The summed E-state index contributed by atoms with van der Waals surface area (Å²) in [6.07, 6.45) is 6.88. The van der Waals surface area contributed by atoms with Gasteiger partial charge in [-0.05, 0) is 79.5 Å². The lowest BCUT2D eigenvalue weighted by atomic mass is 9.67. The van der Waals surface area contributed by atoms with Crippen LogP contribution in [0.15, 0.2) is 18.2 Å². The summed E-state index contributed by atoms with van der Waals surface area (Å²) in [6, 6.07) is 6.44. The fourth-order valence-corrected chi connectivity index (χ4v) is 5.79. The quantitative estimate of drug-likeness (QED) is 0.891. The topological polar surface area (TPSA) is 35.2 Å². The minimum Gasteiger partial charge on any atom is -0.497 e. The molecule has 4 rings (SSSR count). The smallest absolute Gasteiger partial charge is 0.119 e. The molecule has 3 aliphatic carbocycles. The Balaban J connectivity index is 1.72. The van der Waals surface area contributed by atoms with Crippen LogP contribution in [0.5, 0.6) is 5.75 Å². The van der Waals surface area contributed by atoms with E-state index in [1.54, 1.807) is 7.11 Å². The molecule has 0 aliphatic heterocycles. The van der Waals surface area contributed by atoms with Gasteiger partial charge >= 0.3 is 0 Å². The number of methoxy groups -OCH3 is 1. The molecular formula is C18H25NO. The van der Waals surface area contributed by atoms with Crippen molar-refractivity contribution < 1.29 is 4.74 Å². The molecule has 0 aromatic heterocycles. The van der Waals surface area contributed by atoms with Crippen LogP contribution in [0, 0.1) is 30.6 Å². The number of ether oxygens (including phenoxy) is 1. The Hall–Kier alpha value is -1.02. The molecule has 0 saturated heterocycles. The Kier molecular flexibility index (Phi) is 2.69. The van der Waals surface area contributed by atoms with E-state index in [-0.39, 0.29) is 5.54 Å². The van der Waals surface area contributed by atoms with E-state index >= 15 is 0 Å². The molecule has 2 nitrogen and oxygen atoms in total. The van der Waals surface area contributed by atoms with Crippen molar-refractivity contribution >= 4 is 0 Å². The van der Waals surface area contributed by atoms with Crippen molar-refractivity contribution in [3.8, 4) is 5.75 Å². The van der Waals surface area contributed by atoms with Crippen molar-refractivity contribution in [2.24, 2.45) is 29.4 Å². The molecule has 0 spiro atoms. The molecular weight excluding hydrogens is 246 g/mol. The molecule has 2 N–H and O–H groups in total. The van der Waals surface area contributed by atoms with Gasteiger partial charge in [-0.3, -0.25) is 0 Å². The molecule has 2 bridgehead atoms. The Morgan fingerprint density at radius 3 is 2.80 bits per heavy atom. The van der Waals surface area contributed by atoms with Crippen molar-refractivity contribution in [2.75, 3.05) is 7.11 Å². The van der Waals surface area contributed by atoms with Crippen LogP contribution < -0.4 is 10.5 Å². The predicted molar refractivity (Wildman–Crippen MR) is 80.6 cm³/mol. The average Bonchev–Trinajstić information content (AvgIpc) is 3.09. The molecule has 3 fully saturated rings. The lowest BCUT2D eigenvalue weighted by Crippen LogP contribution is -2.46. The number of benzene rings is 1. The van der Waals surface area contributed by atoms with Crippen molar-refractivity contribution in [1.29, 1.82) is 0 Å². The summed E-state index contributed by atoms with van der Waals surface area (Å²) < 4.78 is 5.34. The molecule has 0 amide bonds. The third-order valence-electron chi connectivity index (χ3n) is 6.50. The van der Waals surface area contributed by atoms with E-state index in [4.69, 9.17) is 10.5 Å². The highest BCUT2D eigenvalue weighted by Crippen LogP contribution is 2.64. The number of hydrogen-bond acceptors (Lipinski definition) is 2. The van der Waals surface area contributed by atoms with Gasteiger partial charge in [0.25, 0.3) is 0 Å². The molecule has 0 heterocycles. The highest BCUT2D eigenvalue weighted by atomic mass is 16.5. The summed E-state index contributed by atoms with van der Waals surface area (Å²) in [5.74, 6) is 4.44. The fourth-order valence-electron chi connectivity index (χ4n) is 5.79. The number of nitrogens with two attached hydrogens (primary N) is 1. The number of fused-ring (bicyclic) bond motifs is 5. The van der Waals surface area contributed by atoms with Crippen molar-refractivity contribution in [3.05, 3.63) is 29.3 Å². The van der Waals surface area contributed by atoms with Gasteiger partial charge in [0.1, 0.15) is 5.75 Å². The van der Waals surface area contributed by atoms with Gasteiger partial charge in [-0.1, -0.05) is 12.5 Å². The standard InChI is InChI=1S/C18H25NO/c1-11-8-13(20-2)6-7-16(11)18(19)10-12-9-17(18)15-5-3-4-14(12)15/h6-8,12,14-15,17H,3-5,9-10,19H2,1-2H3. The average molecular weight is 271 g/mol. The Morgan fingerprint density at radius 2 is 2.05 bits per heavy atom. The van der Waals surface area contributed by atoms with Crippen LogP contribution in [0.25, 0.3) is 0 Å². The highest BCUT2D eigenvalue weighted by molar-refractivity contribution is 5.41. The van der Waals surface area contributed by atoms with E-state index in [9.17, 15) is 0 Å². The molecule has 1 aromatic rings. The summed E-state index contributed by atoms with van der Waals surface area (Å²) in [5.41, 5.74) is 9.57. The second-order valence-corrected chi connectivity index (χ2v) is 7.29. The first-order valence-corrected chi connectivity index (χ1v) is 8.07. The monoisotopic (exact) mass is 271 g/mol. The van der Waals surface area contributed by atoms with E-state index in [1.807, 2.05) is 0 Å². The minimum atomic E-state index is -0.0769. The Labute approximate surface area is 121 Å². The third-order valence-corrected chi connectivity index (χ3v) is 6.50. The van der Waals surface area contributed by atoms with Crippen LogP contribution in [0.1, 0.15) is 43.2 Å². The van der Waals surface area contributed by atoms with Gasteiger partial charge in [0.2, 0.25) is 0 Å². The normalized spacial score (nSPS) is 42.0. The molecule has 2 heteroatoms. The molecule has 3 saturated carbocycles. The predicted octanol–water partition coefficient (Wildman–Crippen LogP) is 3.61. The molecule has 5 atom stereocenters. The van der Waals surface area contributed by atoms with Crippen molar-refractivity contribution in [3.63, 3.8) is 0 Å². The van der Waals surface area contributed by atoms with Crippen molar-refractivity contribution in [1.82, 2.24) is 0 Å². The number of rotatable bonds is 2. The minimum absolute atomic E-state index is 0.0769. The van der Waals surface area contributed by atoms with Gasteiger partial charge in [0.15, 0.2) is 0 Å². The molecule has 5 unspecified atom stereocenters. The first kappa shape index (κ1) is 12.7. The second kappa shape index (κ2) is 4.24. The van der Waals surface area contributed by atoms with Crippen molar-refractivity contribution in [2.45, 2.75) is 44.6 Å². The molecule has 0 radical (unpaired) electrons. The summed E-state index contributed by atoms with van der Waals surface area (Å²) in [4.78, 5) is 0. The Morgan fingerprint density at radius 1 is 1.25 bits per heavy atom. The van der Waals surface area contributed by atoms with E-state index in [0.717, 1.165) is 23.5 Å². The second-order valence-electron chi connectivity index (χ2n) is 7.29. The van der Waals surface area contributed by atoms with Crippen LogP contribution in [0.2, 0.25) is 0 Å². The largest absolute Gasteiger partial charge is 0.497 e. The first-order chi connectivity index (χ1) is 9.63. The Bertz CT molecular complexity index is 540. The van der Waals surface area contributed by atoms with Crippen LogP contribution >= 0.6 is 0 Å². The van der Waals surface area contributed by atoms with E-state index in [1.165, 1.54) is 43.2 Å². The summed E-state index contributed by atoms with van der Waals surface area (Å²) in [6.45, 7) is 2.19. The number of hydrogen-bond donors (Lipinski definition) is 1. The number of aryl methyl sites for hydroxylation is 1. The van der Waals surface area contributed by atoms with Gasteiger partial charge in [-0.25, -0.2) is 0 Å². The van der Waals surface area contributed by atoms with E-state index in [0.29, 0.717) is 5.92 Å². The van der Waals surface area contributed by atoms with Crippen LogP contribution in [0.3, 0.4) is 0 Å². The zero-order chi connectivity index (χ0) is 13.9. The highest BCUT2D eigenvalue weighted by Gasteiger charge is 2.60. The lowest BCUT2D eigenvalue weighted by Gasteiger charge is -2.41. The van der Waals surface area contributed by atoms with Crippen LogP contribution in [-0.4, -0.2) is 7.11 Å². The maximum atomic E-state index is 6.97. The van der Waals surface area contributed by atoms with Gasteiger partial charge in [0.05, 0.1) is 7.11 Å². The molecule has 20 heavy (non-hydrogen) atoms. The first-order valence-electron chi connectivity index (χ1n) is 8.07. The third kappa shape index (κ3) is 1.54. The lowest BCUT2D eigenvalue weighted by molar-refractivity contribution is 0.156. The van der Waals surface area contributed by atoms with Gasteiger partial charge < -0.3 is 10.5 Å². The SMILES string of the molecule is COc1ccc(C2(N)CC3CC2C2CCCC32)c(C)c1. The fraction of sp³-hybridized carbons (Fsp3) is 0.667. The van der Waals surface area contributed by atoms with Gasteiger partial charge in [-0.2, -0.15) is 0 Å². The molecule has 108 valence electrons. The van der Waals surface area contributed by atoms with Crippen LogP contribution in [-0.2, 0) is 5.54 Å². The van der Waals surface area contributed by atoms with Gasteiger partial charge in [0, 0.05) is 5.54 Å². The summed E-state index contributed by atoms with van der Waals surface area (Å²) in [7, 11) is 1.73. The summed E-state index contributed by atoms with van der Waals surface area (Å²) in [5, 5.41) is 0. The van der Waals surface area contributed by atoms with E-state index < -0.39 is 0 Å². The maximum absolute atomic E-state index is 6.97. The van der Waals surface area contributed by atoms with Gasteiger partial charge in [-0.15, -0.1) is 0 Å². The molecule has 3 aliphatic rings. The zero-order valence-electron chi connectivity index (χ0n) is 12.6.